The van der Waals surface area contributed by atoms with E-state index in [0.717, 1.165) is 17.2 Å². The first-order valence-corrected chi connectivity index (χ1v) is 13.6. The number of ether oxygens (including phenoxy) is 2. The molecular weight excluding hydrogens is 560 g/mol. The second kappa shape index (κ2) is 11.7. The highest BCUT2D eigenvalue weighted by Gasteiger charge is 2.63. The molecule has 0 spiro atoms. The lowest BCUT2D eigenvalue weighted by atomic mass is 9.98. The number of hydrogen-bond donors (Lipinski definition) is 3. The summed E-state index contributed by atoms with van der Waals surface area (Å²) < 4.78 is 80.4. The molecule has 0 radical (unpaired) electrons. The number of halogens is 3. The number of aliphatic hydroxyl groups excluding tert-OH is 1. The normalized spacial score (nSPS) is 25.3. The molecule has 0 amide bonds. The molecule has 1 saturated heterocycles. The van der Waals surface area contributed by atoms with Gasteiger partial charge < -0.3 is 24.8 Å². The van der Waals surface area contributed by atoms with E-state index in [1.54, 1.807) is 32.0 Å². The molecular formula is C23H28F3N6O7P. The van der Waals surface area contributed by atoms with Crippen LogP contribution < -0.4 is 15.3 Å². The zero-order valence-electron chi connectivity index (χ0n) is 21.6. The Kier molecular flexibility index (Phi) is 8.66. The molecule has 1 aromatic carbocycles. The number of nitrogen functional groups attached to an aromatic ring is 1. The minimum Gasteiger partial charge on any atom is -0.462 e. The van der Waals surface area contributed by atoms with E-state index >= 15 is 4.39 Å². The fraction of sp³-hybridized carbons (Fsp3) is 0.478. The number of carbonyl (C=O) groups is 1. The lowest BCUT2D eigenvalue weighted by Gasteiger charge is -2.31. The van der Waals surface area contributed by atoms with E-state index in [0.29, 0.717) is 0 Å². The molecule has 3 heterocycles. The second-order valence-electron chi connectivity index (χ2n) is 9.25. The fourth-order valence-corrected chi connectivity index (χ4v) is 5.47. The van der Waals surface area contributed by atoms with Crippen molar-refractivity contribution in [1.29, 1.82) is 0 Å². The van der Waals surface area contributed by atoms with Crippen LogP contribution in [0.1, 0.15) is 27.0 Å². The van der Waals surface area contributed by atoms with E-state index in [1.165, 1.54) is 19.1 Å². The molecule has 0 bridgehead atoms. The van der Waals surface area contributed by atoms with Crippen molar-refractivity contribution >= 4 is 30.7 Å². The Balaban J connectivity index is 1.62. The van der Waals surface area contributed by atoms with Gasteiger partial charge in [-0.2, -0.15) is 5.09 Å². The molecule has 40 heavy (non-hydrogen) atoms. The summed E-state index contributed by atoms with van der Waals surface area (Å²) in [6, 6.07) is 6.24. The number of aliphatic hydroxyl groups is 1. The average molecular weight is 588 g/mol. The second-order valence-corrected chi connectivity index (χ2v) is 10.9. The van der Waals surface area contributed by atoms with Crippen LogP contribution in [0, 0.1) is 0 Å². The number of para-hydroxylation sites is 1. The number of fused-ring (bicyclic) bond motifs is 1. The summed E-state index contributed by atoms with van der Waals surface area (Å²) in [6.07, 6.45) is -8.56. The fourth-order valence-electron chi connectivity index (χ4n) is 3.94. The number of alkyl halides is 3. The van der Waals surface area contributed by atoms with Crippen molar-refractivity contribution in [3.63, 3.8) is 0 Å². The SMILES string of the molecule is CC(C)OC(=O)C(C)NP(=O)(OCC1(C(F)F)OC(n2cnc3c(N)ncnc32)C(O)C1F)Oc1ccccc1. The van der Waals surface area contributed by atoms with Gasteiger partial charge in [-0.25, -0.2) is 32.7 Å². The molecule has 13 nitrogen and oxygen atoms in total. The van der Waals surface area contributed by atoms with Crippen LogP contribution in [-0.2, 0) is 23.4 Å². The van der Waals surface area contributed by atoms with Crippen molar-refractivity contribution in [3.8, 4) is 5.75 Å². The van der Waals surface area contributed by atoms with Crippen LogP contribution in [0.3, 0.4) is 0 Å². The van der Waals surface area contributed by atoms with Crippen molar-refractivity contribution in [2.75, 3.05) is 12.3 Å². The Morgan fingerprint density at radius 1 is 1.25 bits per heavy atom. The molecule has 17 heteroatoms. The van der Waals surface area contributed by atoms with Crippen LogP contribution in [0.25, 0.3) is 11.2 Å². The van der Waals surface area contributed by atoms with Crippen molar-refractivity contribution in [2.45, 2.75) is 63.4 Å². The Labute approximate surface area is 226 Å². The molecule has 4 N–H and O–H groups in total. The Morgan fingerprint density at radius 3 is 2.60 bits per heavy atom. The maximum Gasteiger partial charge on any atom is 0.459 e. The summed E-state index contributed by atoms with van der Waals surface area (Å²) >= 11 is 0. The number of anilines is 1. The van der Waals surface area contributed by atoms with Crippen LogP contribution in [0.5, 0.6) is 5.75 Å². The van der Waals surface area contributed by atoms with Crippen LogP contribution in [0.15, 0.2) is 43.0 Å². The number of nitrogens with one attached hydrogen (secondary N) is 1. The van der Waals surface area contributed by atoms with E-state index in [9.17, 15) is 23.2 Å². The minimum atomic E-state index is -4.67. The van der Waals surface area contributed by atoms with Crippen molar-refractivity contribution in [1.82, 2.24) is 24.6 Å². The third kappa shape index (κ3) is 5.90. The molecule has 4 rings (SSSR count). The van der Waals surface area contributed by atoms with E-state index < -0.39 is 63.0 Å². The first-order valence-electron chi connectivity index (χ1n) is 12.1. The first-order chi connectivity index (χ1) is 18.9. The number of hydrogen-bond acceptors (Lipinski definition) is 11. The Hall–Kier alpha value is -3.30. The average Bonchev–Trinajstić information content (AvgIpc) is 3.43. The highest BCUT2D eigenvalue weighted by atomic mass is 31.2. The lowest BCUT2D eigenvalue weighted by molar-refractivity contribution is -0.182. The summed E-state index contributed by atoms with van der Waals surface area (Å²) in [5.41, 5.74) is 2.70. The molecule has 0 aliphatic carbocycles. The number of rotatable bonds is 11. The zero-order valence-corrected chi connectivity index (χ0v) is 22.5. The van der Waals surface area contributed by atoms with Gasteiger partial charge in [0.15, 0.2) is 29.5 Å². The zero-order chi connectivity index (χ0) is 29.2. The lowest BCUT2D eigenvalue weighted by Crippen LogP contribution is -2.51. The van der Waals surface area contributed by atoms with Gasteiger partial charge in [-0.3, -0.25) is 13.9 Å². The molecule has 2 aromatic heterocycles. The van der Waals surface area contributed by atoms with Gasteiger partial charge in [-0.1, -0.05) is 18.2 Å². The van der Waals surface area contributed by atoms with E-state index in [-0.39, 0.29) is 22.7 Å². The van der Waals surface area contributed by atoms with E-state index in [2.05, 4.69) is 20.0 Å². The molecule has 3 aromatic rings. The molecule has 6 atom stereocenters. The Morgan fingerprint density at radius 2 is 1.95 bits per heavy atom. The van der Waals surface area contributed by atoms with Gasteiger partial charge >= 0.3 is 13.7 Å². The number of nitrogens with zero attached hydrogens (tertiary/aromatic N) is 4. The maximum absolute atomic E-state index is 15.5. The monoisotopic (exact) mass is 588 g/mol. The summed E-state index contributed by atoms with van der Waals surface area (Å²) in [7, 11) is -4.67. The molecule has 1 aliphatic heterocycles. The van der Waals surface area contributed by atoms with Crippen molar-refractivity contribution in [2.24, 2.45) is 0 Å². The summed E-state index contributed by atoms with van der Waals surface area (Å²) in [6.45, 7) is 3.13. The number of imidazole rings is 1. The standard InChI is InChI=1S/C23H28F3N6O7P/c1-12(2)37-21(34)13(3)31-40(35,39-14-7-5-4-6-8-14)36-9-23(22(25)26)17(24)16(33)20(38-23)32-11-30-15-18(27)28-10-29-19(15)32/h4-8,10-13,16-17,20,22,33H,9H2,1-3H3,(H,31,35)(H2,27,28,29). The van der Waals surface area contributed by atoms with Crippen LogP contribution in [0.4, 0.5) is 19.0 Å². The van der Waals surface area contributed by atoms with Gasteiger partial charge in [0.05, 0.1) is 19.0 Å². The first kappa shape index (κ1) is 29.7. The van der Waals surface area contributed by atoms with Crippen LogP contribution in [-0.4, -0.2) is 73.6 Å². The van der Waals surface area contributed by atoms with Crippen LogP contribution in [0.2, 0.25) is 0 Å². The van der Waals surface area contributed by atoms with E-state index in [1.807, 2.05) is 0 Å². The predicted octanol–water partition coefficient (Wildman–Crippen LogP) is 2.77. The van der Waals surface area contributed by atoms with Crippen LogP contribution >= 0.6 is 7.75 Å². The smallest absolute Gasteiger partial charge is 0.459 e. The number of carbonyl (C=O) groups excluding carboxylic acids is 1. The molecule has 6 unspecified atom stereocenters. The highest BCUT2D eigenvalue weighted by Crippen LogP contribution is 2.50. The molecule has 1 fully saturated rings. The van der Waals surface area contributed by atoms with Crippen molar-refractivity contribution in [3.05, 3.63) is 43.0 Å². The number of nitrogens with two attached hydrogens (primary N) is 1. The van der Waals surface area contributed by atoms with E-state index in [4.69, 9.17) is 24.3 Å². The molecule has 218 valence electrons. The number of esters is 1. The summed E-state index contributed by atoms with van der Waals surface area (Å²) in [5, 5.41) is 12.9. The summed E-state index contributed by atoms with van der Waals surface area (Å²) in [4.78, 5) is 24.0. The predicted molar refractivity (Wildman–Crippen MR) is 134 cm³/mol. The number of benzene rings is 1. The van der Waals surface area contributed by atoms with Gasteiger partial charge in [0.1, 0.15) is 29.7 Å². The Bertz CT molecular complexity index is 1380. The van der Waals surface area contributed by atoms with Gasteiger partial charge in [0.2, 0.25) is 0 Å². The topological polar surface area (TPSA) is 173 Å². The maximum atomic E-state index is 15.5. The third-order valence-electron chi connectivity index (χ3n) is 5.92. The van der Waals surface area contributed by atoms with Crippen molar-refractivity contribution < 1.29 is 46.2 Å². The van der Waals surface area contributed by atoms with Gasteiger partial charge in [-0.15, -0.1) is 0 Å². The quantitative estimate of drug-likeness (QED) is 0.221. The molecule has 0 saturated carbocycles. The number of aromatic nitrogens is 4. The van der Waals surface area contributed by atoms with Gasteiger partial charge in [0, 0.05) is 0 Å². The van der Waals surface area contributed by atoms with Gasteiger partial charge in [0.25, 0.3) is 6.43 Å². The molecule has 1 aliphatic rings. The summed E-state index contributed by atoms with van der Waals surface area (Å²) in [5.74, 6) is -0.868. The van der Waals surface area contributed by atoms with Gasteiger partial charge in [-0.05, 0) is 32.9 Å². The highest BCUT2D eigenvalue weighted by molar-refractivity contribution is 7.52. The largest absolute Gasteiger partial charge is 0.462 e. The minimum absolute atomic E-state index is 0.00179. The third-order valence-corrected chi connectivity index (χ3v) is 7.54.